The van der Waals surface area contributed by atoms with Crippen LogP contribution in [0.5, 0.6) is 0 Å². The van der Waals surface area contributed by atoms with Crippen molar-refractivity contribution in [3.05, 3.63) is 52.2 Å². The first-order valence-electron chi connectivity index (χ1n) is 7.17. The number of aryl methyl sites for hydroxylation is 4. The summed E-state index contributed by atoms with van der Waals surface area (Å²) >= 11 is 0. The van der Waals surface area contributed by atoms with Crippen molar-refractivity contribution in [2.75, 3.05) is 6.61 Å². The minimum absolute atomic E-state index is 0.314. The van der Waals surface area contributed by atoms with Crippen molar-refractivity contribution in [1.82, 2.24) is 4.98 Å². The Bertz CT molecular complexity index is 667. The number of nitrogens with zero attached hydrogens (tertiary/aromatic N) is 1. The Hall–Kier alpha value is -2.16. The predicted molar refractivity (Wildman–Crippen MR) is 84.6 cm³/mol. The van der Waals surface area contributed by atoms with Crippen molar-refractivity contribution in [3.8, 4) is 11.3 Å². The summed E-state index contributed by atoms with van der Waals surface area (Å²) in [6.45, 7) is 10.3. The first kappa shape index (κ1) is 15.2. The molecule has 0 aliphatic carbocycles. The van der Waals surface area contributed by atoms with Gasteiger partial charge in [0.15, 0.2) is 0 Å². The van der Waals surface area contributed by atoms with E-state index in [4.69, 9.17) is 4.74 Å². The minimum Gasteiger partial charge on any atom is -0.462 e. The third-order valence-corrected chi connectivity index (χ3v) is 3.51. The molecule has 0 spiro atoms. The molecule has 0 aliphatic heterocycles. The van der Waals surface area contributed by atoms with E-state index in [0.717, 1.165) is 11.3 Å². The van der Waals surface area contributed by atoms with Gasteiger partial charge in [-0.05, 0) is 57.9 Å². The highest BCUT2D eigenvalue weighted by atomic mass is 16.5. The van der Waals surface area contributed by atoms with Crippen molar-refractivity contribution in [3.63, 3.8) is 0 Å². The molecule has 0 saturated carbocycles. The van der Waals surface area contributed by atoms with Crippen molar-refractivity contribution in [2.45, 2.75) is 34.6 Å². The summed E-state index contributed by atoms with van der Waals surface area (Å²) in [5, 5.41) is 0. The Morgan fingerprint density at radius 1 is 1.10 bits per heavy atom. The van der Waals surface area contributed by atoms with E-state index < -0.39 is 0 Å². The highest BCUT2D eigenvalue weighted by molar-refractivity contribution is 5.91. The lowest BCUT2D eigenvalue weighted by molar-refractivity contribution is 0.0525. The fourth-order valence-corrected chi connectivity index (χ4v) is 2.71. The van der Waals surface area contributed by atoms with Crippen LogP contribution in [0.15, 0.2) is 24.3 Å². The van der Waals surface area contributed by atoms with Crippen LogP contribution in [0.2, 0.25) is 0 Å². The van der Waals surface area contributed by atoms with E-state index in [1.807, 2.05) is 13.0 Å². The topological polar surface area (TPSA) is 39.2 Å². The lowest BCUT2D eigenvalue weighted by atomic mass is 9.96. The Labute approximate surface area is 126 Å². The van der Waals surface area contributed by atoms with Crippen molar-refractivity contribution < 1.29 is 9.53 Å². The number of rotatable bonds is 3. The van der Waals surface area contributed by atoms with Crippen LogP contribution in [-0.4, -0.2) is 17.6 Å². The SMILES string of the molecule is CCOC(=O)c1ccc(-c2c(C)cc(C)cc2C)nc1C. The molecule has 0 unspecified atom stereocenters. The second-order valence-corrected chi connectivity index (χ2v) is 5.32. The monoisotopic (exact) mass is 283 g/mol. The summed E-state index contributed by atoms with van der Waals surface area (Å²) in [5.74, 6) is -0.314. The fourth-order valence-electron chi connectivity index (χ4n) is 2.71. The van der Waals surface area contributed by atoms with Crippen molar-refractivity contribution in [1.29, 1.82) is 0 Å². The van der Waals surface area contributed by atoms with Crippen LogP contribution in [-0.2, 0) is 4.74 Å². The molecule has 1 aromatic heterocycles. The summed E-state index contributed by atoms with van der Waals surface area (Å²) in [6.07, 6.45) is 0. The minimum atomic E-state index is -0.314. The molecule has 0 radical (unpaired) electrons. The summed E-state index contributed by atoms with van der Waals surface area (Å²) in [5.41, 5.74) is 6.91. The summed E-state index contributed by atoms with van der Waals surface area (Å²) in [4.78, 5) is 16.4. The van der Waals surface area contributed by atoms with E-state index in [9.17, 15) is 4.79 Å². The average molecular weight is 283 g/mol. The summed E-state index contributed by atoms with van der Waals surface area (Å²) < 4.78 is 5.04. The van der Waals surface area contributed by atoms with Gasteiger partial charge in [-0.25, -0.2) is 4.79 Å². The molecule has 3 nitrogen and oxygen atoms in total. The molecule has 0 amide bonds. The molecular weight excluding hydrogens is 262 g/mol. The molecule has 2 rings (SSSR count). The first-order chi connectivity index (χ1) is 9.93. The number of hydrogen-bond donors (Lipinski definition) is 0. The molecule has 21 heavy (non-hydrogen) atoms. The van der Waals surface area contributed by atoms with Gasteiger partial charge in [-0.1, -0.05) is 17.7 Å². The number of aromatic nitrogens is 1. The van der Waals surface area contributed by atoms with Crippen LogP contribution >= 0.6 is 0 Å². The van der Waals surface area contributed by atoms with Gasteiger partial charge in [0.2, 0.25) is 0 Å². The van der Waals surface area contributed by atoms with Gasteiger partial charge in [0.25, 0.3) is 0 Å². The van der Waals surface area contributed by atoms with Crippen molar-refractivity contribution in [2.24, 2.45) is 0 Å². The van der Waals surface area contributed by atoms with Crippen LogP contribution in [0.3, 0.4) is 0 Å². The largest absolute Gasteiger partial charge is 0.462 e. The molecule has 0 aliphatic rings. The van der Waals surface area contributed by atoms with E-state index in [-0.39, 0.29) is 5.97 Å². The van der Waals surface area contributed by atoms with Crippen LogP contribution in [0.1, 0.15) is 39.7 Å². The van der Waals surface area contributed by atoms with Gasteiger partial charge in [-0.3, -0.25) is 4.98 Å². The zero-order valence-electron chi connectivity index (χ0n) is 13.3. The number of esters is 1. The molecule has 0 atom stereocenters. The molecule has 1 aromatic carbocycles. The zero-order chi connectivity index (χ0) is 15.6. The van der Waals surface area contributed by atoms with Crippen LogP contribution < -0.4 is 0 Å². The van der Waals surface area contributed by atoms with Gasteiger partial charge < -0.3 is 4.74 Å². The maximum Gasteiger partial charge on any atom is 0.339 e. The van der Waals surface area contributed by atoms with Gasteiger partial charge in [0.05, 0.1) is 23.6 Å². The number of ether oxygens (including phenoxy) is 1. The molecule has 0 saturated heterocycles. The smallest absolute Gasteiger partial charge is 0.339 e. The lowest BCUT2D eigenvalue weighted by Crippen LogP contribution is -2.08. The second-order valence-electron chi connectivity index (χ2n) is 5.32. The molecular formula is C18H21NO2. The molecule has 0 fully saturated rings. The van der Waals surface area contributed by atoms with Crippen LogP contribution in [0, 0.1) is 27.7 Å². The molecule has 2 aromatic rings. The molecule has 1 heterocycles. The summed E-state index contributed by atoms with van der Waals surface area (Å²) in [7, 11) is 0. The quantitative estimate of drug-likeness (QED) is 0.794. The maximum absolute atomic E-state index is 11.8. The maximum atomic E-state index is 11.8. The molecule has 0 N–H and O–H groups in total. The fraction of sp³-hybridized carbons (Fsp3) is 0.333. The third-order valence-electron chi connectivity index (χ3n) is 3.51. The predicted octanol–water partition coefficient (Wildman–Crippen LogP) is 4.16. The highest BCUT2D eigenvalue weighted by Gasteiger charge is 2.14. The van der Waals surface area contributed by atoms with E-state index in [0.29, 0.717) is 17.9 Å². The van der Waals surface area contributed by atoms with Gasteiger partial charge >= 0.3 is 5.97 Å². The van der Waals surface area contributed by atoms with Crippen LogP contribution in [0.25, 0.3) is 11.3 Å². The van der Waals surface area contributed by atoms with E-state index in [1.165, 1.54) is 16.7 Å². The molecule has 110 valence electrons. The molecule has 0 bridgehead atoms. The second kappa shape index (κ2) is 6.08. The van der Waals surface area contributed by atoms with Crippen LogP contribution in [0.4, 0.5) is 0 Å². The number of hydrogen-bond acceptors (Lipinski definition) is 3. The van der Waals surface area contributed by atoms with Gasteiger partial charge in [-0.15, -0.1) is 0 Å². The van der Waals surface area contributed by atoms with Crippen molar-refractivity contribution >= 4 is 5.97 Å². The molecule has 3 heteroatoms. The van der Waals surface area contributed by atoms with E-state index in [2.05, 4.69) is 37.9 Å². The number of carbonyl (C=O) groups is 1. The normalized spacial score (nSPS) is 10.5. The van der Waals surface area contributed by atoms with Gasteiger partial charge in [0, 0.05) is 5.56 Å². The Morgan fingerprint density at radius 3 is 2.24 bits per heavy atom. The Kier molecular flexibility index (Phi) is 4.41. The standard InChI is InChI=1S/C18H21NO2/c1-6-21-18(20)15-7-8-16(19-14(15)5)17-12(3)9-11(2)10-13(17)4/h7-10H,6H2,1-5H3. The number of carbonyl (C=O) groups excluding carboxylic acids is 1. The number of benzene rings is 1. The summed E-state index contributed by atoms with van der Waals surface area (Å²) in [6, 6.07) is 8.00. The van der Waals surface area contributed by atoms with Gasteiger partial charge in [0.1, 0.15) is 0 Å². The third kappa shape index (κ3) is 3.13. The Balaban J connectivity index is 2.48. The Morgan fingerprint density at radius 2 is 1.71 bits per heavy atom. The number of pyridine rings is 1. The lowest BCUT2D eigenvalue weighted by Gasteiger charge is -2.12. The highest BCUT2D eigenvalue weighted by Crippen LogP contribution is 2.27. The zero-order valence-corrected chi connectivity index (χ0v) is 13.3. The van der Waals surface area contributed by atoms with E-state index >= 15 is 0 Å². The average Bonchev–Trinajstić information content (AvgIpc) is 2.37. The van der Waals surface area contributed by atoms with Gasteiger partial charge in [-0.2, -0.15) is 0 Å². The first-order valence-corrected chi connectivity index (χ1v) is 7.17. The van der Waals surface area contributed by atoms with E-state index in [1.54, 1.807) is 13.0 Å².